The van der Waals surface area contributed by atoms with Gasteiger partial charge in [-0.05, 0) is 11.6 Å². The highest BCUT2D eigenvalue weighted by molar-refractivity contribution is 6.28. The summed E-state index contributed by atoms with van der Waals surface area (Å²) >= 11 is 5.28. The molecule has 0 amide bonds. The Labute approximate surface area is 63.7 Å². The molecule has 1 rings (SSSR count). The van der Waals surface area contributed by atoms with E-state index in [-0.39, 0.29) is 23.8 Å². The molecule has 0 aromatic carbocycles. The molecule has 0 atom stereocenters. The highest BCUT2D eigenvalue weighted by Gasteiger charge is 1.79. The highest BCUT2D eigenvalue weighted by Crippen LogP contribution is 1.90. The Morgan fingerprint density at radius 2 is 1.67 bits per heavy atom. The summed E-state index contributed by atoms with van der Waals surface area (Å²) in [4.78, 5) is 10.6. The van der Waals surface area contributed by atoms with E-state index in [1.807, 2.05) is 0 Å². The molecule has 6 heteroatoms. The topological polar surface area (TPSA) is 73.7 Å². The van der Waals surface area contributed by atoms with Crippen molar-refractivity contribution in [3.8, 4) is 0 Å². The Bertz CT molecular complexity index is 144. The molecule has 1 heterocycles. The standard InChI is InChI=1S/C3H2ClN3.ClH.H3N/c4-3-6-1-5-2-7-3;;/h1-2H;1H;1H3. The molecule has 1 aromatic rings. The quantitative estimate of drug-likeness (QED) is 0.631. The number of halogens is 2. The van der Waals surface area contributed by atoms with Crippen molar-refractivity contribution in [2.45, 2.75) is 0 Å². The van der Waals surface area contributed by atoms with Gasteiger partial charge in [0, 0.05) is 0 Å². The van der Waals surface area contributed by atoms with Gasteiger partial charge in [-0.25, -0.2) is 15.0 Å². The molecule has 0 saturated carbocycles. The lowest BCUT2D eigenvalue weighted by atomic mass is 11.1. The molecule has 0 fully saturated rings. The summed E-state index contributed by atoms with van der Waals surface area (Å²) in [6, 6.07) is 0. The minimum atomic E-state index is 0. The van der Waals surface area contributed by atoms with Gasteiger partial charge < -0.3 is 6.15 Å². The van der Waals surface area contributed by atoms with E-state index in [9.17, 15) is 0 Å². The molecule has 52 valence electrons. The van der Waals surface area contributed by atoms with Crippen molar-refractivity contribution in [3.05, 3.63) is 17.9 Å². The van der Waals surface area contributed by atoms with E-state index in [1.165, 1.54) is 12.7 Å². The maximum absolute atomic E-state index is 5.28. The monoisotopic (exact) mass is 168 g/mol. The van der Waals surface area contributed by atoms with Crippen molar-refractivity contribution in [1.82, 2.24) is 21.1 Å². The largest absolute Gasteiger partial charge is 0.344 e. The van der Waals surface area contributed by atoms with Crippen LogP contribution in [0.3, 0.4) is 0 Å². The van der Waals surface area contributed by atoms with Gasteiger partial charge in [-0.3, -0.25) is 0 Å². The van der Waals surface area contributed by atoms with Crippen LogP contribution in [0.5, 0.6) is 0 Å². The SMILES string of the molecule is Cl.Clc1ncncn1.N. The molecule has 0 unspecified atom stereocenters. The Balaban J connectivity index is 0. The summed E-state index contributed by atoms with van der Waals surface area (Å²) in [6.07, 6.45) is 2.69. The lowest BCUT2D eigenvalue weighted by Gasteiger charge is -1.78. The molecule has 0 radical (unpaired) electrons. The smallest absolute Gasteiger partial charge is 0.225 e. The number of rotatable bonds is 0. The van der Waals surface area contributed by atoms with Crippen molar-refractivity contribution in [3.63, 3.8) is 0 Å². The first-order valence-electron chi connectivity index (χ1n) is 1.67. The van der Waals surface area contributed by atoms with Gasteiger partial charge in [-0.2, -0.15) is 0 Å². The van der Waals surface area contributed by atoms with Crippen molar-refractivity contribution in [2.75, 3.05) is 0 Å². The Kier molecular flexibility index (Phi) is 7.17. The summed E-state index contributed by atoms with van der Waals surface area (Å²) in [5, 5.41) is 0.231. The normalized spacial score (nSPS) is 6.78. The number of hydrogen-bond acceptors (Lipinski definition) is 4. The van der Waals surface area contributed by atoms with Gasteiger partial charge in [0.25, 0.3) is 0 Å². The van der Waals surface area contributed by atoms with Crippen LogP contribution in [0.2, 0.25) is 5.28 Å². The van der Waals surface area contributed by atoms with Crippen LogP contribution in [0.15, 0.2) is 12.7 Å². The second kappa shape index (κ2) is 5.68. The molecule has 0 aliphatic heterocycles. The van der Waals surface area contributed by atoms with Gasteiger partial charge >= 0.3 is 0 Å². The van der Waals surface area contributed by atoms with Crippen LogP contribution in [-0.4, -0.2) is 15.0 Å². The van der Waals surface area contributed by atoms with Gasteiger partial charge in [0.1, 0.15) is 12.7 Å². The molecule has 9 heavy (non-hydrogen) atoms. The third-order valence-electron chi connectivity index (χ3n) is 0.462. The number of hydrogen-bond donors (Lipinski definition) is 1. The van der Waals surface area contributed by atoms with E-state index in [2.05, 4.69) is 15.0 Å². The molecule has 0 saturated heterocycles. The van der Waals surface area contributed by atoms with Gasteiger partial charge in [-0.15, -0.1) is 12.4 Å². The first-order chi connectivity index (χ1) is 3.39. The fourth-order valence-corrected chi connectivity index (χ4v) is 0.312. The van der Waals surface area contributed by atoms with Crippen LogP contribution < -0.4 is 6.15 Å². The van der Waals surface area contributed by atoms with E-state index in [0.717, 1.165) is 0 Å². The molecular weight excluding hydrogens is 163 g/mol. The van der Waals surface area contributed by atoms with Gasteiger partial charge in [0.05, 0.1) is 0 Å². The van der Waals surface area contributed by atoms with Crippen LogP contribution in [-0.2, 0) is 0 Å². The summed E-state index contributed by atoms with van der Waals surface area (Å²) in [5.74, 6) is 0. The lowest BCUT2D eigenvalue weighted by Crippen LogP contribution is -1.79. The molecule has 3 N–H and O–H groups in total. The van der Waals surface area contributed by atoms with Gasteiger partial charge in [0.15, 0.2) is 0 Å². The summed E-state index contributed by atoms with van der Waals surface area (Å²) in [5.41, 5.74) is 0. The second-order valence-corrected chi connectivity index (χ2v) is 1.25. The predicted octanol–water partition coefficient (Wildman–Crippen LogP) is 1.11. The molecule has 1 aromatic heterocycles. The molecule has 0 spiro atoms. The Morgan fingerprint density at radius 3 is 1.89 bits per heavy atom. The van der Waals surface area contributed by atoms with Crippen LogP contribution >= 0.6 is 24.0 Å². The summed E-state index contributed by atoms with van der Waals surface area (Å²) in [6.45, 7) is 0. The summed E-state index contributed by atoms with van der Waals surface area (Å²) in [7, 11) is 0. The molecule has 0 aliphatic carbocycles. The molecule has 0 aliphatic rings. The third kappa shape index (κ3) is 4.08. The first kappa shape index (κ1) is 11.4. The van der Waals surface area contributed by atoms with E-state index in [0.29, 0.717) is 0 Å². The number of nitrogens with zero attached hydrogens (tertiary/aromatic N) is 3. The second-order valence-electron chi connectivity index (χ2n) is 0.907. The minimum absolute atomic E-state index is 0. The van der Waals surface area contributed by atoms with Crippen LogP contribution in [0.4, 0.5) is 0 Å². The molecular formula is C3H6Cl2N4. The fraction of sp³-hybridized carbons (Fsp3) is 0. The maximum Gasteiger partial charge on any atom is 0.225 e. The highest BCUT2D eigenvalue weighted by atomic mass is 35.5. The van der Waals surface area contributed by atoms with Crippen molar-refractivity contribution < 1.29 is 0 Å². The first-order valence-corrected chi connectivity index (χ1v) is 2.05. The van der Waals surface area contributed by atoms with Gasteiger partial charge in [-0.1, -0.05) is 0 Å². The zero-order chi connectivity index (χ0) is 5.11. The van der Waals surface area contributed by atoms with Crippen molar-refractivity contribution in [1.29, 1.82) is 0 Å². The fourth-order valence-electron chi connectivity index (χ4n) is 0.225. The number of aromatic nitrogens is 3. The molecule has 4 nitrogen and oxygen atoms in total. The molecule has 0 bridgehead atoms. The van der Waals surface area contributed by atoms with E-state index in [1.54, 1.807) is 0 Å². The zero-order valence-electron chi connectivity index (χ0n) is 4.49. The van der Waals surface area contributed by atoms with Crippen molar-refractivity contribution in [2.24, 2.45) is 0 Å². The van der Waals surface area contributed by atoms with E-state index < -0.39 is 0 Å². The Hall–Kier alpha value is -0.450. The average molecular weight is 169 g/mol. The summed E-state index contributed by atoms with van der Waals surface area (Å²) < 4.78 is 0. The minimum Gasteiger partial charge on any atom is -0.344 e. The van der Waals surface area contributed by atoms with E-state index >= 15 is 0 Å². The third-order valence-corrected chi connectivity index (χ3v) is 0.657. The van der Waals surface area contributed by atoms with Crippen LogP contribution in [0, 0.1) is 0 Å². The average Bonchev–Trinajstić information content (AvgIpc) is 1.69. The van der Waals surface area contributed by atoms with Gasteiger partial charge in [0.2, 0.25) is 5.28 Å². The van der Waals surface area contributed by atoms with Crippen molar-refractivity contribution >= 4 is 24.0 Å². The van der Waals surface area contributed by atoms with Crippen LogP contribution in [0.1, 0.15) is 0 Å². The predicted molar refractivity (Wildman–Crippen MR) is 37.1 cm³/mol. The van der Waals surface area contributed by atoms with Crippen LogP contribution in [0.25, 0.3) is 0 Å². The zero-order valence-corrected chi connectivity index (χ0v) is 6.06. The Morgan fingerprint density at radius 1 is 1.22 bits per heavy atom. The van der Waals surface area contributed by atoms with E-state index in [4.69, 9.17) is 11.6 Å². The lowest BCUT2D eigenvalue weighted by molar-refractivity contribution is 1.05. The maximum atomic E-state index is 5.28.